The summed E-state index contributed by atoms with van der Waals surface area (Å²) in [4.78, 5) is 14.0. The molecule has 2 rings (SSSR count). The van der Waals surface area contributed by atoms with Crippen molar-refractivity contribution >= 4 is 21.8 Å². The molecule has 0 aliphatic carbocycles. The number of halogens is 3. The average molecular weight is 332 g/mol. The number of hydrogen-bond acceptors (Lipinski definition) is 1. The topological polar surface area (TPSA) is 20.3 Å². The van der Waals surface area contributed by atoms with Crippen LogP contribution in [0.15, 0.2) is 18.2 Å². The van der Waals surface area contributed by atoms with E-state index >= 15 is 0 Å². The lowest BCUT2D eigenvalue weighted by atomic mass is 10.0. The first-order chi connectivity index (χ1) is 9.04. The molecule has 1 amide bonds. The number of likely N-dealkylation sites (tertiary alicyclic amines) is 1. The maximum atomic E-state index is 13.5. The number of benzene rings is 1. The predicted octanol–water partition coefficient (Wildman–Crippen LogP) is 3.14. The molecular weight excluding hydrogens is 316 g/mol. The van der Waals surface area contributed by atoms with Crippen LogP contribution in [0.25, 0.3) is 0 Å². The van der Waals surface area contributed by atoms with Crippen LogP contribution >= 0.6 is 15.9 Å². The van der Waals surface area contributed by atoms with E-state index in [0.29, 0.717) is 17.8 Å². The van der Waals surface area contributed by atoms with Gasteiger partial charge in [0.05, 0.1) is 6.42 Å². The Balaban J connectivity index is 2.11. The summed E-state index contributed by atoms with van der Waals surface area (Å²) in [5.74, 6) is -1.53. The smallest absolute Gasteiger partial charge is 0.227 e. The van der Waals surface area contributed by atoms with Gasteiger partial charge >= 0.3 is 0 Å². The second-order valence-corrected chi connectivity index (χ2v) is 5.61. The van der Waals surface area contributed by atoms with Crippen molar-refractivity contribution in [3.63, 3.8) is 0 Å². The zero-order valence-corrected chi connectivity index (χ0v) is 12.3. The Labute approximate surface area is 119 Å². The Bertz CT molecular complexity index is 481. The maximum Gasteiger partial charge on any atom is 0.227 e. The van der Waals surface area contributed by atoms with E-state index in [1.807, 2.05) is 0 Å². The van der Waals surface area contributed by atoms with E-state index in [1.165, 1.54) is 12.1 Å². The van der Waals surface area contributed by atoms with Gasteiger partial charge in [-0.3, -0.25) is 4.79 Å². The Morgan fingerprint density at radius 2 is 2.21 bits per heavy atom. The van der Waals surface area contributed by atoms with Crippen molar-refractivity contribution < 1.29 is 13.6 Å². The molecule has 1 aliphatic rings. The van der Waals surface area contributed by atoms with E-state index in [1.54, 1.807) is 4.90 Å². The summed E-state index contributed by atoms with van der Waals surface area (Å²) in [5.41, 5.74) is 0.123. The van der Waals surface area contributed by atoms with Crippen LogP contribution in [0.5, 0.6) is 0 Å². The van der Waals surface area contributed by atoms with Crippen molar-refractivity contribution in [1.82, 2.24) is 4.90 Å². The highest BCUT2D eigenvalue weighted by atomic mass is 79.9. The highest BCUT2D eigenvalue weighted by molar-refractivity contribution is 9.09. The van der Waals surface area contributed by atoms with Gasteiger partial charge in [0.1, 0.15) is 0 Å². The van der Waals surface area contributed by atoms with E-state index in [4.69, 9.17) is 0 Å². The lowest BCUT2D eigenvalue weighted by Gasteiger charge is -2.25. The number of alkyl halides is 1. The molecule has 1 aromatic carbocycles. The van der Waals surface area contributed by atoms with Crippen LogP contribution in [0.1, 0.15) is 18.9 Å². The highest BCUT2D eigenvalue weighted by Crippen LogP contribution is 2.26. The summed E-state index contributed by atoms with van der Waals surface area (Å²) in [6.45, 7) is 2.79. The van der Waals surface area contributed by atoms with Crippen LogP contribution in [0.2, 0.25) is 0 Å². The normalized spacial score (nSPS) is 22.8. The molecule has 0 saturated carbocycles. The molecule has 0 spiro atoms. The van der Waals surface area contributed by atoms with Gasteiger partial charge in [0.15, 0.2) is 11.6 Å². The third-order valence-electron chi connectivity index (χ3n) is 3.73. The first kappa shape index (κ1) is 14.4. The summed E-state index contributed by atoms with van der Waals surface area (Å²) < 4.78 is 26.7. The quantitative estimate of drug-likeness (QED) is 0.779. The fraction of sp³-hybridized carbons (Fsp3) is 0.500. The van der Waals surface area contributed by atoms with Gasteiger partial charge in [-0.05, 0) is 18.4 Å². The third-order valence-corrected chi connectivity index (χ3v) is 4.40. The van der Waals surface area contributed by atoms with Gasteiger partial charge in [-0.25, -0.2) is 8.78 Å². The Hall–Kier alpha value is -0.970. The van der Waals surface area contributed by atoms with Gasteiger partial charge in [0, 0.05) is 23.5 Å². The summed E-state index contributed by atoms with van der Waals surface area (Å²) in [6, 6.07) is 4.08. The third kappa shape index (κ3) is 2.96. The summed E-state index contributed by atoms with van der Waals surface area (Å²) >= 11 is 3.41. The van der Waals surface area contributed by atoms with Crippen LogP contribution in [0, 0.1) is 17.6 Å². The molecule has 0 aromatic heterocycles. The molecule has 5 heteroatoms. The molecule has 2 nitrogen and oxygen atoms in total. The van der Waals surface area contributed by atoms with Crippen molar-refractivity contribution in [1.29, 1.82) is 0 Å². The van der Waals surface area contributed by atoms with Crippen LogP contribution in [-0.4, -0.2) is 28.7 Å². The molecule has 1 fully saturated rings. The van der Waals surface area contributed by atoms with Crippen molar-refractivity contribution in [2.45, 2.75) is 25.8 Å². The van der Waals surface area contributed by atoms with Crippen molar-refractivity contribution in [3.05, 3.63) is 35.4 Å². The highest BCUT2D eigenvalue weighted by Gasteiger charge is 2.33. The fourth-order valence-corrected chi connectivity index (χ4v) is 3.49. The first-order valence-corrected chi connectivity index (χ1v) is 7.45. The standard InChI is InChI=1S/C14H16BrF2NO/c1-9-5-6-18(12(9)8-15)13(19)7-10-3-2-4-11(16)14(10)17/h2-4,9,12H,5-8H2,1H3. The van der Waals surface area contributed by atoms with Gasteiger partial charge in [-0.15, -0.1) is 0 Å². The van der Waals surface area contributed by atoms with E-state index in [-0.39, 0.29) is 23.9 Å². The molecule has 0 bridgehead atoms. The summed E-state index contributed by atoms with van der Waals surface area (Å²) in [6.07, 6.45) is 0.869. The molecule has 2 unspecified atom stereocenters. The van der Waals surface area contributed by atoms with Gasteiger partial charge in [-0.1, -0.05) is 35.0 Å². The molecule has 19 heavy (non-hydrogen) atoms. The predicted molar refractivity (Wildman–Crippen MR) is 73.1 cm³/mol. The summed E-state index contributed by atoms with van der Waals surface area (Å²) in [7, 11) is 0. The SMILES string of the molecule is CC1CCN(C(=O)Cc2cccc(F)c2F)C1CBr. The van der Waals surface area contributed by atoms with Crippen molar-refractivity contribution in [2.75, 3.05) is 11.9 Å². The van der Waals surface area contributed by atoms with Crippen LogP contribution in [0.4, 0.5) is 8.78 Å². The van der Waals surface area contributed by atoms with Crippen LogP contribution in [0.3, 0.4) is 0 Å². The molecule has 1 aliphatic heterocycles. The second-order valence-electron chi connectivity index (χ2n) is 4.96. The maximum absolute atomic E-state index is 13.5. The fourth-order valence-electron chi connectivity index (χ4n) is 2.50. The number of hydrogen-bond donors (Lipinski definition) is 0. The van der Waals surface area contributed by atoms with E-state index in [9.17, 15) is 13.6 Å². The van der Waals surface area contributed by atoms with Gasteiger partial charge in [0.25, 0.3) is 0 Å². The second kappa shape index (κ2) is 5.99. The van der Waals surface area contributed by atoms with Gasteiger partial charge in [-0.2, -0.15) is 0 Å². The Kier molecular flexibility index (Phi) is 4.55. The molecule has 1 heterocycles. The number of amides is 1. The minimum atomic E-state index is -0.918. The Morgan fingerprint density at radius 3 is 2.89 bits per heavy atom. The van der Waals surface area contributed by atoms with E-state index in [2.05, 4.69) is 22.9 Å². The van der Waals surface area contributed by atoms with E-state index < -0.39 is 11.6 Å². The molecular formula is C14H16BrF2NO. The monoisotopic (exact) mass is 331 g/mol. The molecule has 104 valence electrons. The number of carbonyl (C=O) groups is 1. The van der Waals surface area contributed by atoms with Gasteiger partial charge < -0.3 is 4.90 Å². The molecule has 2 atom stereocenters. The Morgan fingerprint density at radius 1 is 1.47 bits per heavy atom. The first-order valence-electron chi connectivity index (χ1n) is 6.33. The summed E-state index contributed by atoms with van der Waals surface area (Å²) in [5, 5.41) is 0.714. The molecule has 0 radical (unpaired) electrons. The number of nitrogens with zero attached hydrogens (tertiary/aromatic N) is 1. The molecule has 1 aromatic rings. The lowest BCUT2D eigenvalue weighted by molar-refractivity contribution is -0.131. The van der Waals surface area contributed by atoms with Gasteiger partial charge in [0.2, 0.25) is 5.91 Å². The van der Waals surface area contributed by atoms with E-state index in [0.717, 1.165) is 12.5 Å². The number of carbonyl (C=O) groups excluding carboxylic acids is 1. The zero-order chi connectivity index (χ0) is 14.0. The molecule has 1 saturated heterocycles. The van der Waals surface area contributed by atoms with Crippen LogP contribution in [-0.2, 0) is 11.2 Å². The average Bonchev–Trinajstić information content (AvgIpc) is 2.76. The number of rotatable bonds is 3. The molecule has 0 N–H and O–H groups in total. The lowest BCUT2D eigenvalue weighted by Crippen LogP contribution is -2.39. The van der Waals surface area contributed by atoms with Crippen molar-refractivity contribution in [2.24, 2.45) is 5.92 Å². The zero-order valence-electron chi connectivity index (χ0n) is 10.7. The van der Waals surface area contributed by atoms with Crippen molar-refractivity contribution in [3.8, 4) is 0 Å². The largest absolute Gasteiger partial charge is 0.338 e. The minimum absolute atomic E-state index is 0.0835. The minimum Gasteiger partial charge on any atom is -0.338 e. The van der Waals surface area contributed by atoms with Crippen LogP contribution < -0.4 is 0 Å².